The van der Waals surface area contributed by atoms with Crippen LogP contribution in [0.4, 0.5) is 11.4 Å². The van der Waals surface area contributed by atoms with Crippen LogP contribution in [0.1, 0.15) is 11.1 Å². The molecule has 0 bridgehead atoms. The van der Waals surface area contributed by atoms with E-state index in [2.05, 4.69) is 83.2 Å². The number of rotatable bonds is 2. The zero-order valence-corrected chi connectivity index (χ0v) is 12.4. The molecule has 2 heteroatoms. The van der Waals surface area contributed by atoms with Crippen molar-refractivity contribution >= 4 is 23.3 Å². The van der Waals surface area contributed by atoms with Crippen LogP contribution in [0.3, 0.4) is 0 Å². The molecule has 1 aliphatic rings. The van der Waals surface area contributed by atoms with Gasteiger partial charge in [-0.1, -0.05) is 54.6 Å². The highest BCUT2D eigenvalue weighted by molar-refractivity contribution is 8.01. The first-order chi connectivity index (χ1) is 10.4. The number of nitrogens with zero attached hydrogens (tertiary/aromatic N) is 1. The molecule has 0 N–H and O–H groups in total. The maximum Gasteiger partial charge on any atom is 0.0564 e. The molecule has 1 heterocycles. The van der Waals surface area contributed by atoms with Gasteiger partial charge < -0.3 is 0 Å². The highest BCUT2D eigenvalue weighted by Crippen LogP contribution is 2.44. The summed E-state index contributed by atoms with van der Waals surface area (Å²) in [6.45, 7) is 0. The Bertz CT molecular complexity index is 722. The molecule has 3 aromatic rings. The van der Waals surface area contributed by atoms with Crippen LogP contribution in [-0.2, 0) is 6.42 Å². The van der Waals surface area contributed by atoms with Crippen molar-refractivity contribution in [3.63, 3.8) is 0 Å². The number of anilines is 2. The summed E-state index contributed by atoms with van der Waals surface area (Å²) in [6.07, 6.45) is 1.01. The number of fused-ring (bicyclic) bond motifs is 2. The van der Waals surface area contributed by atoms with Crippen LogP contribution in [0.25, 0.3) is 0 Å². The van der Waals surface area contributed by atoms with Crippen LogP contribution in [-0.4, -0.2) is 0 Å². The van der Waals surface area contributed by atoms with Crippen LogP contribution < -0.4 is 4.31 Å². The minimum Gasteiger partial charge on any atom is -0.280 e. The number of benzene rings is 3. The molecule has 4 rings (SSSR count). The summed E-state index contributed by atoms with van der Waals surface area (Å²) >= 11 is 1.78. The number of para-hydroxylation sites is 2. The number of hydrogen-bond donors (Lipinski definition) is 0. The van der Waals surface area contributed by atoms with Gasteiger partial charge in [-0.05, 0) is 47.3 Å². The predicted molar refractivity (Wildman–Crippen MR) is 90.1 cm³/mol. The molecular formula is C19H15NS. The van der Waals surface area contributed by atoms with Crippen LogP contribution >= 0.6 is 11.9 Å². The van der Waals surface area contributed by atoms with E-state index in [4.69, 9.17) is 0 Å². The van der Waals surface area contributed by atoms with Gasteiger partial charge in [0, 0.05) is 11.3 Å². The van der Waals surface area contributed by atoms with Crippen molar-refractivity contribution in [3.8, 4) is 0 Å². The molecule has 0 unspecified atom stereocenters. The average molecular weight is 289 g/mol. The predicted octanol–water partition coefficient (Wildman–Crippen LogP) is 5.44. The lowest BCUT2D eigenvalue weighted by atomic mass is 9.97. The highest BCUT2D eigenvalue weighted by Gasteiger charge is 2.22. The second kappa shape index (κ2) is 5.30. The monoisotopic (exact) mass is 289 g/mol. The van der Waals surface area contributed by atoms with E-state index in [0.717, 1.165) is 6.42 Å². The third kappa shape index (κ3) is 2.32. The standard InChI is InChI=1S/C19H15NS/c1-2-10-17(11-3-1)21-20-18-12-6-4-8-15(18)14-16-9-5-7-13-19(16)20/h1-13H,14H2. The second-order valence-corrected chi connectivity index (χ2v) is 6.15. The third-order valence-electron chi connectivity index (χ3n) is 3.74. The Morgan fingerprint density at radius 3 is 1.76 bits per heavy atom. The van der Waals surface area contributed by atoms with Crippen molar-refractivity contribution in [3.05, 3.63) is 90.0 Å². The topological polar surface area (TPSA) is 3.24 Å². The molecular weight excluding hydrogens is 274 g/mol. The molecule has 0 aromatic heterocycles. The molecule has 1 nitrogen and oxygen atoms in total. The fourth-order valence-electron chi connectivity index (χ4n) is 2.74. The van der Waals surface area contributed by atoms with Crippen LogP contribution in [0.15, 0.2) is 83.8 Å². The largest absolute Gasteiger partial charge is 0.280 e. The summed E-state index contributed by atoms with van der Waals surface area (Å²) in [7, 11) is 0. The molecule has 0 saturated carbocycles. The van der Waals surface area contributed by atoms with Crippen LogP contribution in [0.5, 0.6) is 0 Å². The average Bonchev–Trinajstić information content (AvgIpc) is 2.55. The van der Waals surface area contributed by atoms with E-state index in [-0.39, 0.29) is 0 Å². The molecule has 21 heavy (non-hydrogen) atoms. The first-order valence-corrected chi connectivity index (χ1v) is 7.88. The highest BCUT2D eigenvalue weighted by atomic mass is 32.2. The lowest BCUT2D eigenvalue weighted by Gasteiger charge is -2.32. The molecule has 1 aliphatic heterocycles. The van der Waals surface area contributed by atoms with Gasteiger partial charge in [-0.15, -0.1) is 0 Å². The zero-order chi connectivity index (χ0) is 14.1. The van der Waals surface area contributed by atoms with E-state index in [1.54, 1.807) is 11.9 Å². The Kier molecular flexibility index (Phi) is 3.17. The first-order valence-electron chi connectivity index (χ1n) is 7.11. The van der Waals surface area contributed by atoms with E-state index in [0.29, 0.717) is 0 Å². The normalized spacial score (nSPS) is 12.7. The van der Waals surface area contributed by atoms with Crippen molar-refractivity contribution in [1.29, 1.82) is 0 Å². The summed E-state index contributed by atoms with van der Waals surface area (Å²) in [6, 6.07) is 27.9. The summed E-state index contributed by atoms with van der Waals surface area (Å²) in [5, 5.41) is 0. The Hall–Kier alpha value is -2.19. The lowest BCUT2D eigenvalue weighted by Crippen LogP contribution is -2.16. The van der Waals surface area contributed by atoms with Gasteiger partial charge in [-0.3, -0.25) is 4.31 Å². The van der Waals surface area contributed by atoms with Crippen molar-refractivity contribution < 1.29 is 0 Å². The summed E-state index contributed by atoms with van der Waals surface area (Å²) in [5.74, 6) is 0. The Morgan fingerprint density at radius 2 is 1.14 bits per heavy atom. The quantitative estimate of drug-likeness (QED) is 0.578. The summed E-state index contributed by atoms with van der Waals surface area (Å²) < 4.78 is 2.35. The first kappa shape index (κ1) is 12.5. The molecule has 0 atom stereocenters. The maximum absolute atomic E-state index is 2.35. The van der Waals surface area contributed by atoms with E-state index >= 15 is 0 Å². The SMILES string of the molecule is c1ccc(SN2c3ccccc3Cc3ccccc32)cc1. The minimum absolute atomic E-state index is 1.01. The van der Waals surface area contributed by atoms with Gasteiger partial charge in [-0.2, -0.15) is 0 Å². The third-order valence-corrected chi connectivity index (χ3v) is 4.80. The Labute approximate surface area is 129 Å². The van der Waals surface area contributed by atoms with E-state index in [1.165, 1.54) is 27.4 Å². The van der Waals surface area contributed by atoms with Crippen LogP contribution in [0.2, 0.25) is 0 Å². The lowest BCUT2D eigenvalue weighted by molar-refractivity contribution is 1.13. The minimum atomic E-state index is 1.01. The fourth-order valence-corrected chi connectivity index (χ4v) is 3.78. The van der Waals surface area contributed by atoms with Crippen molar-refractivity contribution in [2.45, 2.75) is 11.3 Å². The molecule has 0 spiro atoms. The van der Waals surface area contributed by atoms with Gasteiger partial charge in [0.2, 0.25) is 0 Å². The number of hydrogen-bond acceptors (Lipinski definition) is 2. The molecule has 0 radical (unpaired) electrons. The van der Waals surface area contributed by atoms with Gasteiger partial charge in [-0.25, -0.2) is 0 Å². The molecule has 102 valence electrons. The van der Waals surface area contributed by atoms with Gasteiger partial charge >= 0.3 is 0 Å². The Balaban J connectivity index is 1.82. The smallest absolute Gasteiger partial charge is 0.0564 e. The second-order valence-electron chi connectivity index (χ2n) is 5.13. The summed E-state index contributed by atoms with van der Waals surface area (Å²) in [5.41, 5.74) is 5.37. The van der Waals surface area contributed by atoms with Crippen molar-refractivity contribution in [1.82, 2.24) is 0 Å². The van der Waals surface area contributed by atoms with Gasteiger partial charge in [0.05, 0.1) is 11.4 Å². The summed E-state index contributed by atoms with van der Waals surface area (Å²) in [4.78, 5) is 1.25. The van der Waals surface area contributed by atoms with E-state index < -0.39 is 0 Å². The molecule has 3 aromatic carbocycles. The Morgan fingerprint density at radius 1 is 0.619 bits per heavy atom. The fraction of sp³-hybridized carbons (Fsp3) is 0.0526. The van der Waals surface area contributed by atoms with Gasteiger partial charge in [0.25, 0.3) is 0 Å². The maximum atomic E-state index is 2.35. The zero-order valence-electron chi connectivity index (χ0n) is 11.6. The van der Waals surface area contributed by atoms with E-state index in [1.807, 2.05) is 0 Å². The van der Waals surface area contributed by atoms with Crippen LogP contribution in [0, 0.1) is 0 Å². The van der Waals surface area contributed by atoms with Crippen molar-refractivity contribution in [2.75, 3.05) is 4.31 Å². The van der Waals surface area contributed by atoms with Gasteiger partial charge in [0.15, 0.2) is 0 Å². The molecule has 0 amide bonds. The molecule has 0 aliphatic carbocycles. The molecule has 0 saturated heterocycles. The van der Waals surface area contributed by atoms with Crippen molar-refractivity contribution in [2.24, 2.45) is 0 Å². The van der Waals surface area contributed by atoms with E-state index in [9.17, 15) is 0 Å². The molecule has 0 fully saturated rings. The van der Waals surface area contributed by atoms with Gasteiger partial charge in [0.1, 0.15) is 0 Å².